The normalized spacial score (nSPS) is 11.3. The highest BCUT2D eigenvalue weighted by Crippen LogP contribution is 2.17. The van der Waals surface area contributed by atoms with Gasteiger partial charge in [0.05, 0.1) is 11.2 Å². The number of carbonyl (C=O) groups is 1. The summed E-state index contributed by atoms with van der Waals surface area (Å²) in [4.78, 5) is 16.8. The Morgan fingerprint density at radius 2 is 1.93 bits per heavy atom. The van der Waals surface area contributed by atoms with Crippen LogP contribution in [-0.2, 0) is 24.2 Å². The smallest absolute Gasteiger partial charge is 0.220 e. The summed E-state index contributed by atoms with van der Waals surface area (Å²) in [7, 11) is 0. The first-order valence-electron chi connectivity index (χ1n) is 10.1. The summed E-state index contributed by atoms with van der Waals surface area (Å²) in [5.41, 5.74) is 5.60. The maximum absolute atomic E-state index is 12.3. The van der Waals surface area contributed by atoms with E-state index in [0.29, 0.717) is 18.9 Å². The topological polar surface area (TPSA) is 59.8 Å². The number of amides is 1. The van der Waals surface area contributed by atoms with Gasteiger partial charge in [-0.05, 0) is 49.8 Å². The second-order valence-corrected chi connectivity index (χ2v) is 7.82. The monoisotopic (exact) mass is 378 g/mol. The van der Waals surface area contributed by atoms with E-state index in [9.17, 15) is 4.79 Å². The SMILES string of the molecule is Cc1nn(CC(C)C)c(C)c1CCC(=O)NCCc1cccc2cccnc12. The van der Waals surface area contributed by atoms with Gasteiger partial charge in [-0.2, -0.15) is 5.10 Å². The predicted molar refractivity (Wildman–Crippen MR) is 113 cm³/mol. The molecule has 2 heterocycles. The average molecular weight is 379 g/mol. The van der Waals surface area contributed by atoms with Crippen LogP contribution in [0.4, 0.5) is 0 Å². The molecular weight excluding hydrogens is 348 g/mol. The van der Waals surface area contributed by atoms with Gasteiger partial charge in [0.2, 0.25) is 5.91 Å². The highest BCUT2D eigenvalue weighted by Gasteiger charge is 2.13. The molecule has 0 aliphatic heterocycles. The van der Waals surface area contributed by atoms with Crippen molar-refractivity contribution >= 4 is 16.8 Å². The zero-order chi connectivity index (χ0) is 20.1. The molecule has 1 N–H and O–H groups in total. The van der Waals surface area contributed by atoms with Crippen LogP contribution in [0.1, 0.15) is 42.8 Å². The first kappa shape index (κ1) is 20.1. The first-order chi connectivity index (χ1) is 13.5. The van der Waals surface area contributed by atoms with E-state index in [1.165, 1.54) is 16.8 Å². The van der Waals surface area contributed by atoms with Gasteiger partial charge in [0, 0.05) is 36.8 Å². The van der Waals surface area contributed by atoms with Crippen LogP contribution in [0.3, 0.4) is 0 Å². The van der Waals surface area contributed by atoms with Crippen LogP contribution in [0.5, 0.6) is 0 Å². The lowest BCUT2D eigenvalue weighted by atomic mass is 10.1. The lowest BCUT2D eigenvalue weighted by Gasteiger charge is -2.09. The Bertz CT molecular complexity index is 953. The Hall–Kier alpha value is -2.69. The number of hydrogen-bond donors (Lipinski definition) is 1. The van der Waals surface area contributed by atoms with Crippen LogP contribution >= 0.6 is 0 Å². The van der Waals surface area contributed by atoms with Crippen molar-refractivity contribution in [2.45, 2.75) is 53.5 Å². The summed E-state index contributed by atoms with van der Waals surface area (Å²) >= 11 is 0. The maximum atomic E-state index is 12.3. The number of pyridine rings is 1. The highest BCUT2D eigenvalue weighted by atomic mass is 16.1. The Labute approximate surface area is 167 Å². The lowest BCUT2D eigenvalue weighted by Crippen LogP contribution is -2.26. The zero-order valence-electron chi connectivity index (χ0n) is 17.3. The van der Waals surface area contributed by atoms with Crippen molar-refractivity contribution < 1.29 is 4.79 Å². The van der Waals surface area contributed by atoms with E-state index in [1.807, 2.05) is 25.3 Å². The number of nitrogens with zero attached hydrogens (tertiary/aromatic N) is 3. The number of aromatic nitrogens is 3. The van der Waals surface area contributed by atoms with Gasteiger partial charge in [-0.1, -0.05) is 38.1 Å². The summed E-state index contributed by atoms with van der Waals surface area (Å²) in [6.07, 6.45) is 3.82. The first-order valence-corrected chi connectivity index (χ1v) is 10.1. The van der Waals surface area contributed by atoms with Crippen LogP contribution in [0.15, 0.2) is 36.5 Å². The number of aryl methyl sites for hydroxylation is 1. The molecule has 0 atom stereocenters. The number of rotatable bonds is 8. The summed E-state index contributed by atoms with van der Waals surface area (Å²) in [6, 6.07) is 10.2. The van der Waals surface area contributed by atoms with Crippen molar-refractivity contribution in [3.63, 3.8) is 0 Å². The minimum Gasteiger partial charge on any atom is -0.356 e. The van der Waals surface area contributed by atoms with Crippen molar-refractivity contribution in [2.75, 3.05) is 6.54 Å². The minimum atomic E-state index is 0.0867. The summed E-state index contributed by atoms with van der Waals surface area (Å²) in [5, 5.41) is 8.82. The Morgan fingerprint density at radius 3 is 2.71 bits per heavy atom. The molecule has 0 saturated carbocycles. The Morgan fingerprint density at radius 1 is 1.14 bits per heavy atom. The Balaban J connectivity index is 1.52. The molecule has 0 aliphatic rings. The van der Waals surface area contributed by atoms with Gasteiger partial charge < -0.3 is 5.32 Å². The summed E-state index contributed by atoms with van der Waals surface area (Å²) in [5.74, 6) is 0.640. The molecule has 1 amide bonds. The lowest BCUT2D eigenvalue weighted by molar-refractivity contribution is -0.121. The molecule has 148 valence electrons. The number of hydrogen-bond acceptors (Lipinski definition) is 3. The van der Waals surface area contributed by atoms with E-state index in [4.69, 9.17) is 0 Å². The molecule has 0 saturated heterocycles. The molecule has 5 heteroatoms. The highest BCUT2D eigenvalue weighted by molar-refractivity contribution is 5.81. The van der Waals surface area contributed by atoms with Gasteiger partial charge in [0.25, 0.3) is 0 Å². The van der Waals surface area contributed by atoms with E-state index in [-0.39, 0.29) is 5.91 Å². The van der Waals surface area contributed by atoms with Gasteiger partial charge in [-0.25, -0.2) is 0 Å². The summed E-state index contributed by atoms with van der Waals surface area (Å²) < 4.78 is 2.07. The number of carbonyl (C=O) groups excluding carboxylic acids is 1. The van der Waals surface area contributed by atoms with Crippen molar-refractivity contribution in [1.82, 2.24) is 20.1 Å². The second-order valence-electron chi connectivity index (χ2n) is 7.82. The van der Waals surface area contributed by atoms with Crippen LogP contribution in [0.25, 0.3) is 10.9 Å². The van der Waals surface area contributed by atoms with Crippen molar-refractivity contribution in [1.29, 1.82) is 0 Å². The van der Waals surface area contributed by atoms with Crippen molar-refractivity contribution in [2.24, 2.45) is 5.92 Å². The van der Waals surface area contributed by atoms with Crippen LogP contribution in [0, 0.1) is 19.8 Å². The number of para-hydroxylation sites is 1. The van der Waals surface area contributed by atoms with Gasteiger partial charge in [0.15, 0.2) is 0 Å². The molecule has 3 aromatic rings. The van der Waals surface area contributed by atoms with E-state index in [0.717, 1.165) is 36.0 Å². The third-order valence-corrected chi connectivity index (χ3v) is 5.10. The van der Waals surface area contributed by atoms with Gasteiger partial charge >= 0.3 is 0 Å². The van der Waals surface area contributed by atoms with E-state index >= 15 is 0 Å². The molecule has 2 aromatic heterocycles. The van der Waals surface area contributed by atoms with Crippen molar-refractivity contribution in [3.05, 3.63) is 59.0 Å². The van der Waals surface area contributed by atoms with Gasteiger partial charge in [-0.3, -0.25) is 14.5 Å². The Kier molecular flexibility index (Phi) is 6.45. The zero-order valence-corrected chi connectivity index (χ0v) is 17.3. The van der Waals surface area contributed by atoms with E-state index in [1.54, 1.807) is 0 Å². The standard InChI is InChI=1S/C23H30N4O/c1-16(2)15-27-18(4)21(17(3)26-27)10-11-22(28)24-14-12-20-8-5-7-19-9-6-13-25-23(19)20/h5-9,13,16H,10-12,14-15H2,1-4H3,(H,24,28). The number of nitrogens with one attached hydrogen (secondary N) is 1. The molecule has 5 nitrogen and oxygen atoms in total. The number of benzene rings is 1. The molecule has 0 spiro atoms. The van der Waals surface area contributed by atoms with Gasteiger partial charge in [0.1, 0.15) is 0 Å². The second kappa shape index (κ2) is 9.00. The molecule has 3 rings (SSSR count). The largest absolute Gasteiger partial charge is 0.356 e. The molecule has 0 fully saturated rings. The molecular formula is C23H30N4O. The fraction of sp³-hybridized carbons (Fsp3) is 0.435. The molecule has 0 radical (unpaired) electrons. The number of fused-ring (bicyclic) bond motifs is 1. The van der Waals surface area contributed by atoms with E-state index in [2.05, 4.69) is 59.1 Å². The van der Waals surface area contributed by atoms with Crippen LogP contribution < -0.4 is 5.32 Å². The molecule has 0 aliphatic carbocycles. The maximum Gasteiger partial charge on any atom is 0.220 e. The molecule has 0 unspecified atom stereocenters. The summed E-state index contributed by atoms with van der Waals surface area (Å²) in [6.45, 7) is 10.1. The fourth-order valence-electron chi connectivity index (χ4n) is 3.65. The van der Waals surface area contributed by atoms with Crippen molar-refractivity contribution in [3.8, 4) is 0 Å². The molecule has 28 heavy (non-hydrogen) atoms. The quantitative estimate of drug-likeness (QED) is 0.645. The predicted octanol–water partition coefficient (Wildman–Crippen LogP) is 4.00. The minimum absolute atomic E-state index is 0.0867. The molecule has 0 bridgehead atoms. The fourth-order valence-corrected chi connectivity index (χ4v) is 3.65. The third-order valence-electron chi connectivity index (χ3n) is 5.10. The molecule has 1 aromatic carbocycles. The van der Waals surface area contributed by atoms with E-state index < -0.39 is 0 Å². The average Bonchev–Trinajstić information content (AvgIpc) is 2.92. The van der Waals surface area contributed by atoms with Crippen LogP contribution in [-0.4, -0.2) is 27.2 Å². The van der Waals surface area contributed by atoms with Gasteiger partial charge in [-0.15, -0.1) is 0 Å². The third kappa shape index (κ3) is 4.77. The van der Waals surface area contributed by atoms with Crippen LogP contribution in [0.2, 0.25) is 0 Å².